The maximum atomic E-state index is 13.0. The second kappa shape index (κ2) is 8.25. The minimum Gasteiger partial charge on any atom is -0.466 e. The zero-order chi connectivity index (χ0) is 20.5. The van der Waals surface area contributed by atoms with Crippen molar-refractivity contribution in [2.45, 2.75) is 18.9 Å². The van der Waals surface area contributed by atoms with E-state index in [2.05, 4.69) is 31.3 Å². The highest BCUT2D eigenvalue weighted by Gasteiger charge is 2.57. The molecule has 3 aromatic rings. The van der Waals surface area contributed by atoms with E-state index in [0.29, 0.717) is 22.1 Å². The van der Waals surface area contributed by atoms with Crippen LogP contribution < -0.4 is 5.32 Å². The predicted octanol–water partition coefficient (Wildman–Crippen LogP) is 3.82. The lowest BCUT2D eigenvalue weighted by atomic mass is 10.2. The van der Waals surface area contributed by atoms with E-state index in [0.717, 1.165) is 5.56 Å². The zero-order valence-electron chi connectivity index (χ0n) is 15.2. The number of aromatic nitrogens is 3. The molecule has 3 heterocycles. The van der Waals surface area contributed by atoms with Gasteiger partial charge in [-0.15, -0.1) is 0 Å². The first-order valence-corrected chi connectivity index (χ1v) is 11.0. The van der Waals surface area contributed by atoms with Gasteiger partial charge in [-0.05, 0) is 57.4 Å². The number of esters is 1. The molecule has 1 fully saturated rings. The highest BCUT2D eigenvalue weighted by atomic mass is 79.9. The molecule has 0 bridgehead atoms. The van der Waals surface area contributed by atoms with Crippen LogP contribution in [0.5, 0.6) is 0 Å². The van der Waals surface area contributed by atoms with Gasteiger partial charge in [-0.25, -0.2) is 9.67 Å². The fraction of sp³-hybridized carbons (Fsp3) is 0.263. The monoisotopic (exact) mass is 494 g/mol. The third-order valence-electron chi connectivity index (χ3n) is 4.66. The molecular formula is C19H16BrClN4O3S. The van der Waals surface area contributed by atoms with Crippen LogP contribution in [-0.4, -0.2) is 39.3 Å². The van der Waals surface area contributed by atoms with Crippen molar-refractivity contribution in [1.82, 2.24) is 20.1 Å². The lowest BCUT2D eigenvalue weighted by molar-refractivity contribution is -0.144. The van der Waals surface area contributed by atoms with E-state index in [-0.39, 0.29) is 29.5 Å². The highest BCUT2D eigenvalue weighted by molar-refractivity contribution is 9.10. The summed E-state index contributed by atoms with van der Waals surface area (Å²) in [6, 6.07) is 6.57. The van der Waals surface area contributed by atoms with Crippen LogP contribution in [0.15, 0.2) is 45.8 Å². The van der Waals surface area contributed by atoms with Crippen molar-refractivity contribution in [1.29, 1.82) is 0 Å². The second-order valence-corrected chi connectivity index (χ2v) is 8.43. The van der Waals surface area contributed by atoms with Gasteiger partial charge in [-0.3, -0.25) is 9.59 Å². The van der Waals surface area contributed by atoms with Crippen LogP contribution in [-0.2, 0) is 9.53 Å². The number of hydrogen-bond donors (Lipinski definition) is 1. The molecule has 0 spiro atoms. The van der Waals surface area contributed by atoms with Gasteiger partial charge in [0.2, 0.25) is 0 Å². The zero-order valence-corrected chi connectivity index (χ0v) is 18.4. The smallest absolute Gasteiger partial charge is 0.311 e. The van der Waals surface area contributed by atoms with Gasteiger partial charge in [0.15, 0.2) is 5.82 Å². The molecule has 1 saturated carbocycles. The van der Waals surface area contributed by atoms with Crippen LogP contribution in [0.25, 0.3) is 5.82 Å². The molecule has 3 atom stereocenters. The van der Waals surface area contributed by atoms with Gasteiger partial charge in [-0.1, -0.05) is 11.6 Å². The number of ether oxygens (including phenoxy) is 1. The Kier molecular flexibility index (Phi) is 5.71. The summed E-state index contributed by atoms with van der Waals surface area (Å²) in [4.78, 5) is 29.6. The van der Waals surface area contributed by atoms with Gasteiger partial charge in [0.25, 0.3) is 5.91 Å². The molecular weight excluding hydrogens is 480 g/mol. The Morgan fingerprint density at radius 2 is 2.24 bits per heavy atom. The number of thiophene rings is 1. The summed E-state index contributed by atoms with van der Waals surface area (Å²) in [6.07, 6.45) is 1.57. The Balaban J connectivity index is 1.60. The Labute approximate surface area is 184 Å². The van der Waals surface area contributed by atoms with Crippen LogP contribution in [0.2, 0.25) is 5.02 Å². The largest absolute Gasteiger partial charge is 0.466 e. The average Bonchev–Trinajstić information content (AvgIpc) is 3.04. The van der Waals surface area contributed by atoms with Gasteiger partial charge in [-0.2, -0.15) is 16.4 Å². The predicted molar refractivity (Wildman–Crippen MR) is 113 cm³/mol. The van der Waals surface area contributed by atoms with Crippen LogP contribution in [0, 0.1) is 5.92 Å². The van der Waals surface area contributed by atoms with E-state index in [4.69, 9.17) is 16.3 Å². The van der Waals surface area contributed by atoms with Crippen LogP contribution in [0.4, 0.5) is 0 Å². The second-order valence-electron chi connectivity index (χ2n) is 6.43. The number of nitrogens with one attached hydrogen (secondary N) is 1. The van der Waals surface area contributed by atoms with Gasteiger partial charge in [0.05, 0.1) is 23.6 Å². The van der Waals surface area contributed by atoms with Crippen LogP contribution in [0.1, 0.15) is 28.9 Å². The summed E-state index contributed by atoms with van der Waals surface area (Å²) in [6.45, 7) is 2.06. The summed E-state index contributed by atoms with van der Waals surface area (Å²) < 4.78 is 7.03. The molecule has 1 aliphatic rings. The van der Waals surface area contributed by atoms with Crippen molar-refractivity contribution >= 4 is 50.7 Å². The third-order valence-corrected chi connectivity index (χ3v) is 6.04. The fourth-order valence-electron chi connectivity index (χ4n) is 3.34. The molecule has 3 aromatic heterocycles. The minimum absolute atomic E-state index is 0.109. The Bertz CT molecular complexity index is 1060. The number of carbonyl (C=O) groups is 2. The number of carbonyl (C=O) groups excluding carboxylic acids is 2. The van der Waals surface area contributed by atoms with Crippen molar-refractivity contribution < 1.29 is 14.3 Å². The summed E-state index contributed by atoms with van der Waals surface area (Å²) >= 11 is 11.1. The van der Waals surface area contributed by atoms with E-state index >= 15 is 0 Å². The maximum Gasteiger partial charge on any atom is 0.311 e. The first-order chi connectivity index (χ1) is 14.0. The number of hydrogen-bond acceptors (Lipinski definition) is 6. The molecule has 29 heavy (non-hydrogen) atoms. The molecule has 3 unspecified atom stereocenters. The van der Waals surface area contributed by atoms with Crippen molar-refractivity contribution in [2.24, 2.45) is 5.92 Å². The molecule has 0 aromatic carbocycles. The number of halogens is 2. The van der Waals surface area contributed by atoms with Gasteiger partial charge in [0.1, 0.15) is 10.3 Å². The van der Waals surface area contributed by atoms with Crippen molar-refractivity contribution in [3.05, 3.63) is 62.1 Å². The maximum absolute atomic E-state index is 13.0. The SMILES string of the molecule is CCOC(=O)C1C(NC(=O)c2cc(Br)nn2-c2ncccc2Cl)C1c1ccsc1. The molecule has 0 aliphatic heterocycles. The molecule has 10 heteroatoms. The number of rotatable bonds is 6. The molecule has 150 valence electrons. The highest BCUT2D eigenvalue weighted by Crippen LogP contribution is 2.49. The van der Waals surface area contributed by atoms with E-state index < -0.39 is 5.92 Å². The van der Waals surface area contributed by atoms with Gasteiger partial charge in [0, 0.05) is 18.2 Å². The van der Waals surface area contributed by atoms with Crippen LogP contribution >= 0.6 is 38.9 Å². The average molecular weight is 496 g/mol. The number of pyridine rings is 1. The molecule has 1 aliphatic carbocycles. The minimum atomic E-state index is -0.410. The Morgan fingerprint density at radius 1 is 1.41 bits per heavy atom. The standard InChI is InChI=1S/C19H16BrClN4O3S/c1-2-28-19(27)15-14(10-5-7-29-9-10)16(15)23-18(26)12-8-13(20)24-25(12)17-11(21)4-3-6-22-17/h3-9,14-16H,2H2,1H3,(H,23,26). The molecule has 1 N–H and O–H groups in total. The first-order valence-electron chi connectivity index (χ1n) is 8.87. The number of nitrogens with zero attached hydrogens (tertiary/aromatic N) is 3. The molecule has 1 amide bonds. The molecule has 0 radical (unpaired) electrons. The lowest BCUT2D eigenvalue weighted by Gasteiger charge is -2.08. The summed E-state index contributed by atoms with van der Waals surface area (Å²) in [5.74, 6) is -0.857. The topological polar surface area (TPSA) is 86.1 Å². The Hall–Kier alpha value is -2.23. The van der Waals surface area contributed by atoms with E-state index in [9.17, 15) is 9.59 Å². The van der Waals surface area contributed by atoms with Crippen LogP contribution in [0.3, 0.4) is 0 Å². The summed E-state index contributed by atoms with van der Waals surface area (Å²) in [7, 11) is 0. The third kappa shape index (κ3) is 3.94. The van der Waals surface area contributed by atoms with Gasteiger partial charge >= 0.3 is 5.97 Å². The van der Waals surface area contributed by atoms with Crippen molar-refractivity contribution in [3.63, 3.8) is 0 Å². The van der Waals surface area contributed by atoms with E-state index in [1.54, 1.807) is 42.7 Å². The summed E-state index contributed by atoms with van der Waals surface area (Å²) in [5, 5.41) is 11.5. The quantitative estimate of drug-likeness (QED) is 0.526. The molecule has 7 nitrogen and oxygen atoms in total. The molecule has 4 rings (SSSR count). The Morgan fingerprint density at radius 3 is 2.93 bits per heavy atom. The number of amides is 1. The normalized spacial score (nSPS) is 20.3. The molecule has 0 saturated heterocycles. The fourth-order valence-corrected chi connectivity index (χ4v) is 4.62. The van der Waals surface area contributed by atoms with E-state index in [1.165, 1.54) is 4.68 Å². The van der Waals surface area contributed by atoms with E-state index in [1.807, 2.05) is 16.8 Å². The lowest BCUT2D eigenvalue weighted by Crippen LogP contribution is -2.30. The van der Waals surface area contributed by atoms with Crippen molar-refractivity contribution in [2.75, 3.05) is 6.61 Å². The summed E-state index contributed by atoms with van der Waals surface area (Å²) in [5.41, 5.74) is 1.27. The van der Waals surface area contributed by atoms with Gasteiger partial charge < -0.3 is 10.1 Å². The first kappa shape index (κ1) is 20.1. The van der Waals surface area contributed by atoms with Crippen molar-refractivity contribution in [3.8, 4) is 5.82 Å².